The number of fused-ring (bicyclic) bond motifs is 1. The summed E-state index contributed by atoms with van der Waals surface area (Å²) in [5.41, 5.74) is 3.86. The molecule has 0 aliphatic heterocycles. The number of nitrogens with zero attached hydrogens (tertiary/aromatic N) is 2. The van der Waals surface area contributed by atoms with Crippen molar-refractivity contribution >= 4 is 10.9 Å². The third-order valence-electron chi connectivity index (χ3n) is 3.11. The fourth-order valence-corrected chi connectivity index (χ4v) is 2.08. The number of aryl methyl sites for hydroxylation is 1. The molecule has 0 radical (unpaired) electrons. The Morgan fingerprint density at radius 3 is 2.94 bits per heavy atom. The van der Waals surface area contributed by atoms with E-state index in [0.717, 1.165) is 19.8 Å². The first-order valence-electron chi connectivity index (χ1n) is 5.72. The lowest BCUT2D eigenvalue weighted by molar-refractivity contribution is 0.139. The van der Waals surface area contributed by atoms with Gasteiger partial charge in [-0.15, -0.1) is 0 Å². The van der Waals surface area contributed by atoms with E-state index in [-0.39, 0.29) is 0 Å². The SMILES string of the molecule is CCOCCn1c(C)c(C)c2ccncc21. The van der Waals surface area contributed by atoms with E-state index in [2.05, 4.69) is 29.5 Å². The lowest BCUT2D eigenvalue weighted by Crippen LogP contribution is -2.07. The Labute approximate surface area is 96.1 Å². The maximum Gasteiger partial charge on any atom is 0.0672 e. The van der Waals surface area contributed by atoms with E-state index in [4.69, 9.17) is 4.74 Å². The van der Waals surface area contributed by atoms with Gasteiger partial charge in [0, 0.05) is 30.4 Å². The van der Waals surface area contributed by atoms with E-state index in [1.165, 1.54) is 22.2 Å². The molecule has 0 aliphatic rings. The van der Waals surface area contributed by atoms with Gasteiger partial charge in [-0.2, -0.15) is 0 Å². The topological polar surface area (TPSA) is 27.1 Å². The maximum atomic E-state index is 5.41. The van der Waals surface area contributed by atoms with Crippen molar-refractivity contribution in [1.82, 2.24) is 9.55 Å². The number of ether oxygens (including phenoxy) is 1. The zero-order chi connectivity index (χ0) is 11.5. The standard InChI is InChI=1S/C13H18N2O/c1-4-16-8-7-15-11(3)10(2)12-5-6-14-9-13(12)15/h5-6,9H,4,7-8H2,1-3H3. The van der Waals surface area contributed by atoms with Gasteiger partial charge < -0.3 is 9.30 Å². The molecule has 0 aliphatic carbocycles. The fourth-order valence-electron chi connectivity index (χ4n) is 2.08. The minimum atomic E-state index is 0.759. The van der Waals surface area contributed by atoms with Gasteiger partial charge in [-0.3, -0.25) is 4.98 Å². The van der Waals surface area contributed by atoms with Gasteiger partial charge in [0.2, 0.25) is 0 Å². The number of rotatable bonds is 4. The summed E-state index contributed by atoms with van der Waals surface area (Å²) in [6.07, 6.45) is 3.78. The van der Waals surface area contributed by atoms with Crippen LogP contribution < -0.4 is 0 Å². The monoisotopic (exact) mass is 218 g/mol. The van der Waals surface area contributed by atoms with E-state index >= 15 is 0 Å². The van der Waals surface area contributed by atoms with E-state index < -0.39 is 0 Å². The van der Waals surface area contributed by atoms with Crippen LogP contribution in [-0.2, 0) is 11.3 Å². The zero-order valence-electron chi connectivity index (χ0n) is 10.2. The van der Waals surface area contributed by atoms with Crippen LogP contribution >= 0.6 is 0 Å². The highest BCUT2D eigenvalue weighted by molar-refractivity contribution is 5.84. The predicted molar refractivity (Wildman–Crippen MR) is 65.7 cm³/mol. The Morgan fingerprint density at radius 2 is 2.19 bits per heavy atom. The van der Waals surface area contributed by atoms with Crippen molar-refractivity contribution in [2.75, 3.05) is 13.2 Å². The molecule has 3 heteroatoms. The first-order valence-corrected chi connectivity index (χ1v) is 5.72. The third-order valence-corrected chi connectivity index (χ3v) is 3.11. The maximum absolute atomic E-state index is 5.41. The van der Waals surface area contributed by atoms with E-state index in [9.17, 15) is 0 Å². The summed E-state index contributed by atoms with van der Waals surface area (Å²) in [4.78, 5) is 4.19. The number of pyridine rings is 1. The summed E-state index contributed by atoms with van der Waals surface area (Å²) in [6, 6.07) is 2.08. The molecular formula is C13H18N2O. The molecule has 16 heavy (non-hydrogen) atoms. The summed E-state index contributed by atoms with van der Waals surface area (Å²) in [5.74, 6) is 0. The van der Waals surface area contributed by atoms with Gasteiger partial charge in [0.05, 0.1) is 18.3 Å². The molecule has 0 saturated carbocycles. The third kappa shape index (κ3) is 1.83. The Bertz CT molecular complexity index is 488. The first kappa shape index (κ1) is 11.1. The summed E-state index contributed by atoms with van der Waals surface area (Å²) in [5, 5.41) is 1.30. The van der Waals surface area contributed by atoms with Crippen LogP contribution in [0.4, 0.5) is 0 Å². The molecule has 0 saturated heterocycles. The predicted octanol–water partition coefficient (Wildman–Crippen LogP) is 2.69. The van der Waals surface area contributed by atoms with Crippen molar-refractivity contribution in [2.24, 2.45) is 0 Å². The summed E-state index contributed by atoms with van der Waals surface area (Å²) in [7, 11) is 0. The Kier molecular flexibility index (Phi) is 3.25. The molecule has 0 atom stereocenters. The second kappa shape index (κ2) is 4.66. The molecule has 2 aromatic heterocycles. The van der Waals surface area contributed by atoms with Crippen molar-refractivity contribution in [1.29, 1.82) is 0 Å². The van der Waals surface area contributed by atoms with Crippen LogP contribution in [-0.4, -0.2) is 22.8 Å². The Hall–Kier alpha value is -1.35. The van der Waals surface area contributed by atoms with Gasteiger partial charge in [0.1, 0.15) is 0 Å². The molecule has 3 nitrogen and oxygen atoms in total. The number of aromatic nitrogens is 2. The van der Waals surface area contributed by atoms with Gasteiger partial charge in [0.15, 0.2) is 0 Å². The molecule has 2 rings (SSSR count). The minimum absolute atomic E-state index is 0.759. The van der Waals surface area contributed by atoms with E-state index in [1.807, 2.05) is 19.3 Å². The number of hydrogen-bond acceptors (Lipinski definition) is 2. The van der Waals surface area contributed by atoms with Crippen LogP contribution in [0.3, 0.4) is 0 Å². The molecule has 0 spiro atoms. The lowest BCUT2D eigenvalue weighted by Gasteiger charge is -2.07. The molecule has 2 heterocycles. The highest BCUT2D eigenvalue weighted by Crippen LogP contribution is 2.23. The second-order valence-electron chi connectivity index (χ2n) is 3.95. The second-order valence-corrected chi connectivity index (χ2v) is 3.95. The van der Waals surface area contributed by atoms with E-state index in [0.29, 0.717) is 0 Å². The van der Waals surface area contributed by atoms with Crippen LogP contribution in [0.5, 0.6) is 0 Å². The van der Waals surface area contributed by atoms with Gasteiger partial charge in [0.25, 0.3) is 0 Å². The van der Waals surface area contributed by atoms with Crippen molar-refractivity contribution in [3.63, 3.8) is 0 Å². The molecule has 0 N–H and O–H groups in total. The molecule has 0 unspecified atom stereocenters. The van der Waals surface area contributed by atoms with Gasteiger partial charge >= 0.3 is 0 Å². The summed E-state index contributed by atoms with van der Waals surface area (Å²) < 4.78 is 7.69. The highest BCUT2D eigenvalue weighted by atomic mass is 16.5. The van der Waals surface area contributed by atoms with Crippen molar-refractivity contribution < 1.29 is 4.74 Å². The average Bonchev–Trinajstić information content (AvgIpc) is 2.55. The Morgan fingerprint density at radius 1 is 1.38 bits per heavy atom. The van der Waals surface area contributed by atoms with Gasteiger partial charge in [-0.25, -0.2) is 0 Å². The number of hydrogen-bond donors (Lipinski definition) is 0. The minimum Gasteiger partial charge on any atom is -0.380 e. The zero-order valence-corrected chi connectivity index (χ0v) is 10.2. The van der Waals surface area contributed by atoms with Crippen molar-refractivity contribution in [3.8, 4) is 0 Å². The summed E-state index contributed by atoms with van der Waals surface area (Å²) >= 11 is 0. The Balaban J connectivity index is 2.39. The van der Waals surface area contributed by atoms with Crippen LogP contribution in [0.15, 0.2) is 18.5 Å². The molecule has 2 aromatic rings. The van der Waals surface area contributed by atoms with Gasteiger partial charge in [-0.1, -0.05) is 0 Å². The molecule has 0 bridgehead atoms. The van der Waals surface area contributed by atoms with Crippen molar-refractivity contribution in [2.45, 2.75) is 27.3 Å². The average molecular weight is 218 g/mol. The molecule has 0 fully saturated rings. The highest BCUT2D eigenvalue weighted by Gasteiger charge is 2.09. The first-order chi connectivity index (χ1) is 7.75. The largest absolute Gasteiger partial charge is 0.380 e. The van der Waals surface area contributed by atoms with Crippen LogP contribution in [0, 0.1) is 13.8 Å². The normalized spacial score (nSPS) is 11.2. The smallest absolute Gasteiger partial charge is 0.0672 e. The van der Waals surface area contributed by atoms with Gasteiger partial charge in [-0.05, 0) is 32.4 Å². The summed E-state index contributed by atoms with van der Waals surface area (Å²) in [6.45, 7) is 8.77. The van der Waals surface area contributed by atoms with Crippen LogP contribution in [0.1, 0.15) is 18.2 Å². The molecule has 0 aromatic carbocycles. The quantitative estimate of drug-likeness (QED) is 0.738. The van der Waals surface area contributed by atoms with Crippen molar-refractivity contribution in [3.05, 3.63) is 29.7 Å². The van der Waals surface area contributed by atoms with Crippen LogP contribution in [0.25, 0.3) is 10.9 Å². The molecule has 0 amide bonds. The fraction of sp³-hybridized carbons (Fsp3) is 0.462. The molecular weight excluding hydrogens is 200 g/mol. The lowest BCUT2D eigenvalue weighted by atomic mass is 10.2. The van der Waals surface area contributed by atoms with E-state index in [1.54, 1.807) is 0 Å². The van der Waals surface area contributed by atoms with Crippen LogP contribution in [0.2, 0.25) is 0 Å². The molecule has 86 valence electrons.